The van der Waals surface area contributed by atoms with Crippen LogP contribution in [0.15, 0.2) is 78.9 Å². The molecule has 1 aromatic heterocycles. The number of nitriles is 1. The van der Waals surface area contributed by atoms with E-state index < -0.39 is 0 Å². The van der Waals surface area contributed by atoms with Crippen LogP contribution in [0.25, 0.3) is 28.2 Å². The zero-order valence-electron chi connectivity index (χ0n) is 17.8. The van der Waals surface area contributed by atoms with Crippen molar-refractivity contribution in [1.82, 2.24) is 9.78 Å². The van der Waals surface area contributed by atoms with Crippen molar-refractivity contribution >= 4 is 5.97 Å². The molecule has 0 aliphatic heterocycles. The number of aromatic nitrogens is 2. The number of ether oxygens (including phenoxy) is 2. The van der Waals surface area contributed by atoms with E-state index >= 15 is 0 Å². The Morgan fingerprint density at radius 3 is 2.22 bits per heavy atom. The van der Waals surface area contributed by atoms with Gasteiger partial charge >= 0.3 is 5.97 Å². The third kappa shape index (κ3) is 4.23. The largest absolute Gasteiger partial charge is 0.497 e. The zero-order chi connectivity index (χ0) is 22.5. The molecule has 158 valence electrons. The topological polar surface area (TPSA) is 77.1 Å². The second kappa shape index (κ2) is 9.19. The van der Waals surface area contributed by atoms with Crippen LogP contribution < -0.4 is 4.74 Å². The monoisotopic (exact) mass is 423 g/mol. The minimum atomic E-state index is -0.349. The van der Waals surface area contributed by atoms with Gasteiger partial charge in [-0.15, -0.1) is 0 Å². The van der Waals surface area contributed by atoms with Gasteiger partial charge in [-0.2, -0.15) is 10.4 Å². The van der Waals surface area contributed by atoms with E-state index in [1.807, 2.05) is 59.3 Å². The second-order valence-electron chi connectivity index (χ2n) is 7.01. The molecule has 3 aromatic carbocycles. The maximum absolute atomic E-state index is 12.0. The Morgan fingerprint density at radius 1 is 0.969 bits per heavy atom. The zero-order valence-corrected chi connectivity index (χ0v) is 17.8. The number of carbonyl (C=O) groups is 1. The maximum atomic E-state index is 12.0. The fourth-order valence-electron chi connectivity index (χ4n) is 3.36. The Kier molecular flexibility index (Phi) is 6.00. The Bertz CT molecular complexity index is 1270. The molecule has 0 radical (unpaired) electrons. The van der Waals surface area contributed by atoms with Gasteiger partial charge in [-0.1, -0.05) is 12.1 Å². The lowest BCUT2D eigenvalue weighted by molar-refractivity contribution is 0.0526. The molecule has 0 spiro atoms. The highest BCUT2D eigenvalue weighted by atomic mass is 16.5. The molecule has 0 amide bonds. The molecule has 0 unspecified atom stereocenters. The van der Waals surface area contributed by atoms with Crippen LogP contribution in [0.3, 0.4) is 0 Å². The molecule has 0 atom stereocenters. The molecular formula is C26H21N3O3. The lowest BCUT2D eigenvalue weighted by Crippen LogP contribution is -2.04. The van der Waals surface area contributed by atoms with Gasteiger partial charge in [-0.3, -0.25) is 0 Å². The molecular weight excluding hydrogens is 402 g/mol. The van der Waals surface area contributed by atoms with Crippen LogP contribution in [0.5, 0.6) is 5.75 Å². The van der Waals surface area contributed by atoms with E-state index in [1.54, 1.807) is 38.3 Å². The Hall–Kier alpha value is -4.37. The van der Waals surface area contributed by atoms with Gasteiger partial charge in [0.2, 0.25) is 0 Å². The molecule has 4 aromatic rings. The Morgan fingerprint density at radius 2 is 1.62 bits per heavy atom. The summed E-state index contributed by atoms with van der Waals surface area (Å²) in [5.41, 5.74) is 5.40. The van der Waals surface area contributed by atoms with E-state index in [9.17, 15) is 4.79 Å². The minimum Gasteiger partial charge on any atom is -0.497 e. The van der Waals surface area contributed by atoms with Crippen molar-refractivity contribution in [3.8, 4) is 40.0 Å². The summed E-state index contributed by atoms with van der Waals surface area (Å²) in [6, 6.07) is 26.3. The van der Waals surface area contributed by atoms with Crippen LogP contribution in [0, 0.1) is 11.3 Å². The van der Waals surface area contributed by atoms with Gasteiger partial charge in [0.05, 0.1) is 48.0 Å². The van der Waals surface area contributed by atoms with E-state index in [-0.39, 0.29) is 5.97 Å². The number of nitrogens with zero attached hydrogens (tertiary/aromatic N) is 3. The summed E-state index contributed by atoms with van der Waals surface area (Å²) in [7, 11) is 1.63. The molecule has 0 aliphatic carbocycles. The molecule has 4 rings (SSSR count). The van der Waals surface area contributed by atoms with Gasteiger partial charge in [-0.05, 0) is 73.7 Å². The van der Waals surface area contributed by atoms with Gasteiger partial charge in [0.1, 0.15) is 5.75 Å². The van der Waals surface area contributed by atoms with Crippen molar-refractivity contribution in [3.63, 3.8) is 0 Å². The summed E-state index contributed by atoms with van der Waals surface area (Å²) < 4.78 is 12.2. The third-order valence-corrected chi connectivity index (χ3v) is 5.03. The summed E-state index contributed by atoms with van der Waals surface area (Å²) >= 11 is 0. The fraction of sp³-hybridized carbons (Fsp3) is 0.115. The fourth-order valence-corrected chi connectivity index (χ4v) is 3.36. The molecule has 6 heteroatoms. The van der Waals surface area contributed by atoms with Crippen molar-refractivity contribution in [3.05, 3.63) is 90.0 Å². The van der Waals surface area contributed by atoms with Crippen molar-refractivity contribution in [1.29, 1.82) is 5.26 Å². The van der Waals surface area contributed by atoms with Gasteiger partial charge in [-0.25, -0.2) is 9.48 Å². The smallest absolute Gasteiger partial charge is 0.338 e. The third-order valence-electron chi connectivity index (χ3n) is 5.03. The summed E-state index contributed by atoms with van der Waals surface area (Å²) in [5, 5.41) is 13.9. The lowest BCUT2D eigenvalue weighted by atomic mass is 10.1. The Labute approximate surface area is 186 Å². The van der Waals surface area contributed by atoms with Crippen molar-refractivity contribution < 1.29 is 14.3 Å². The lowest BCUT2D eigenvalue weighted by Gasteiger charge is -2.08. The van der Waals surface area contributed by atoms with E-state index in [2.05, 4.69) is 6.07 Å². The van der Waals surface area contributed by atoms with E-state index in [4.69, 9.17) is 19.8 Å². The van der Waals surface area contributed by atoms with Crippen molar-refractivity contribution in [2.45, 2.75) is 6.92 Å². The van der Waals surface area contributed by atoms with Crippen LogP contribution in [-0.2, 0) is 4.74 Å². The number of benzene rings is 3. The highest BCUT2D eigenvalue weighted by Gasteiger charge is 2.15. The molecule has 0 N–H and O–H groups in total. The average molecular weight is 423 g/mol. The van der Waals surface area contributed by atoms with Crippen LogP contribution in [0.2, 0.25) is 0 Å². The second-order valence-corrected chi connectivity index (χ2v) is 7.01. The highest BCUT2D eigenvalue weighted by molar-refractivity contribution is 5.90. The molecule has 1 heterocycles. The van der Waals surface area contributed by atoms with Gasteiger partial charge in [0, 0.05) is 11.1 Å². The molecule has 0 saturated carbocycles. The summed E-state index contributed by atoms with van der Waals surface area (Å²) in [5.74, 6) is 0.425. The number of carbonyl (C=O) groups excluding carboxylic acids is 1. The van der Waals surface area contributed by atoms with Gasteiger partial charge in [0.15, 0.2) is 0 Å². The van der Waals surface area contributed by atoms with E-state index in [0.717, 1.165) is 34.0 Å². The first-order valence-corrected chi connectivity index (χ1v) is 10.2. The molecule has 0 saturated heterocycles. The van der Waals surface area contributed by atoms with Crippen LogP contribution >= 0.6 is 0 Å². The molecule has 32 heavy (non-hydrogen) atoms. The number of methoxy groups -OCH3 is 1. The van der Waals surface area contributed by atoms with Crippen molar-refractivity contribution in [2.75, 3.05) is 13.7 Å². The number of esters is 1. The standard InChI is InChI=1S/C26H21N3O3/c1-3-32-26(30)21-8-6-20(7-9-21)25-16-24(19-10-14-23(31-2)15-11-19)28-29(25)22-12-4-18(17-27)5-13-22/h4-16H,3H2,1-2H3. The van der Waals surface area contributed by atoms with Crippen LogP contribution in [0.1, 0.15) is 22.8 Å². The van der Waals surface area contributed by atoms with Crippen LogP contribution in [-0.4, -0.2) is 29.5 Å². The van der Waals surface area contributed by atoms with Crippen molar-refractivity contribution in [2.24, 2.45) is 0 Å². The van der Waals surface area contributed by atoms with Gasteiger partial charge < -0.3 is 9.47 Å². The predicted octanol–water partition coefficient (Wildman–Crippen LogP) is 5.26. The van der Waals surface area contributed by atoms with E-state index in [0.29, 0.717) is 17.7 Å². The first kappa shape index (κ1) is 20.9. The predicted molar refractivity (Wildman–Crippen MR) is 122 cm³/mol. The summed E-state index contributed by atoms with van der Waals surface area (Å²) in [6.45, 7) is 2.11. The Balaban J connectivity index is 1.79. The minimum absolute atomic E-state index is 0.331. The SMILES string of the molecule is CCOC(=O)c1ccc(-c2cc(-c3ccc(OC)cc3)nn2-c2ccc(C#N)cc2)cc1. The summed E-state index contributed by atoms with van der Waals surface area (Å²) in [6.07, 6.45) is 0. The number of hydrogen-bond donors (Lipinski definition) is 0. The molecule has 6 nitrogen and oxygen atoms in total. The normalized spacial score (nSPS) is 10.4. The molecule has 0 fully saturated rings. The first-order chi connectivity index (χ1) is 15.6. The van der Waals surface area contributed by atoms with Crippen LogP contribution in [0.4, 0.5) is 0 Å². The molecule has 0 aliphatic rings. The number of rotatable bonds is 6. The first-order valence-electron chi connectivity index (χ1n) is 10.2. The highest BCUT2D eigenvalue weighted by Crippen LogP contribution is 2.30. The summed E-state index contributed by atoms with van der Waals surface area (Å²) in [4.78, 5) is 12.0. The van der Waals surface area contributed by atoms with Gasteiger partial charge in [0.25, 0.3) is 0 Å². The van der Waals surface area contributed by atoms with E-state index in [1.165, 1.54) is 0 Å². The quantitative estimate of drug-likeness (QED) is 0.395. The average Bonchev–Trinajstić information content (AvgIpc) is 3.30. The number of hydrogen-bond acceptors (Lipinski definition) is 5. The molecule has 0 bridgehead atoms. The maximum Gasteiger partial charge on any atom is 0.338 e.